The maximum absolute atomic E-state index is 5.51. The molecule has 1 aromatic heterocycles. The van der Waals surface area contributed by atoms with E-state index in [0.717, 1.165) is 31.8 Å². The molecule has 1 N–H and O–H groups in total. The van der Waals surface area contributed by atoms with Crippen molar-refractivity contribution in [3.63, 3.8) is 0 Å². The van der Waals surface area contributed by atoms with Gasteiger partial charge in [-0.25, -0.2) is 0 Å². The van der Waals surface area contributed by atoms with E-state index >= 15 is 0 Å². The molecule has 0 saturated carbocycles. The average Bonchev–Trinajstić information content (AvgIpc) is 2.64. The van der Waals surface area contributed by atoms with Gasteiger partial charge < -0.3 is 14.5 Å². The molecule has 0 aliphatic heterocycles. The third-order valence-corrected chi connectivity index (χ3v) is 2.51. The van der Waals surface area contributed by atoms with Crippen LogP contribution in [0.1, 0.15) is 37.1 Å². The van der Waals surface area contributed by atoms with Crippen molar-refractivity contribution < 1.29 is 9.15 Å². The molecule has 15 heavy (non-hydrogen) atoms. The first-order valence-corrected chi connectivity index (χ1v) is 5.56. The number of ether oxygens (including phenoxy) is 1. The Morgan fingerprint density at radius 1 is 1.53 bits per heavy atom. The lowest BCUT2D eigenvalue weighted by Gasteiger charge is -2.16. The number of aryl methyl sites for hydroxylation is 1. The Kier molecular flexibility index (Phi) is 5.43. The number of methoxy groups -OCH3 is 1. The van der Waals surface area contributed by atoms with Crippen LogP contribution in [0.3, 0.4) is 0 Å². The summed E-state index contributed by atoms with van der Waals surface area (Å²) in [6.07, 6.45) is 3.86. The first-order chi connectivity index (χ1) is 7.29. The monoisotopic (exact) mass is 211 g/mol. The molecule has 0 aromatic carbocycles. The van der Waals surface area contributed by atoms with Crippen molar-refractivity contribution in [3.05, 3.63) is 23.7 Å². The molecule has 86 valence electrons. The minimum absolute atomic E-state index is 0.320. The first kappa shape index (κ1) is 12.3. The largest absolute Gasteiger partial charge is 0.467 e. The lowest BCUT2D eigenvalue weighted by atomic mass is 10.1. The van der Waals surface area contributed by atoms with E-state index in [1.54, 1.807) is 13.4 Å². The summed E-state index contributed by atoms with van der Waals surface area (Å²) in [5, 5.41) is 3.44. The molecule has 1 atom stereocenters. The van der Waals surface area contributed by atoms with E-state index in [1.165, 1.54) is 5.56 Å². The van der Waals surface area contributed by atoms with Crippen molar-refractivity contribution in [2.24, 2.45) is 0 Å². The fourth-order valence-electron chi connectivity index (χ4n) is 1.75. The van der Waals surface area contributed by atoms with E-state index in [0.29, 0.717) is 6.04 Å². The first-order valence-electron chi connectivity index (χ1n) is 5.56. The Morgan fingerprint density at radius 2 is 2.33 bits per heavy atom. The standard InChI is InChI=1S/C12H21NO2/c1-4-13-11(6-5-8-14-3)12-10(2)7-9-15-12/h7,9,11,13H,4-6,8H2,1-3H3. The molecule has 3 nitrogen and oxygen atoms in total. The molecule has 1 unspecified atom stereocenters. The van der Waals surface area contributed by atoms with Crippen molar-refractivity contribution >= 4 is 0 Å². The molecule has 0 aliphatic rings. The Bertz CT molecular complexity index is 270. The number of nitrogens with one attached hydrogen (secondary N) is 1. The fourth-order valence-corrected chi connectivity index (χ4v) is 1.75. The molecule has 0 saturated heterocycles. The van der Waals surface area contributed by atoms with Gasteiger partial charge in [0.2, 0.25) is 0 Å². The third-order valence-electron chi connectivity index (χ3n) is 2.51. The normalized spacial score (nSPS) is 13.0. The summed E-state index contributed by atoms with van der Waals surface area (Å²) in [5.74, 6) is 1.06. The van der Waals surface area contributed by atoms with Gasteiger partial charge in [-0.05, 0) is 37.9 Å². The van der Waals surface area contributed by atoms with Gasteiger partial charge in [-0.15, -0.1) is 0 Å². The Balaban J connectivity index is 2.53. The van der Waals surface area contributed by atoms with Crippen molar-refractivity contribution in [2.75, 3.05) is 20.3 Å². The second-order valence-electron chi connectivity index (χ2n) is 3.71. The zero-order valence-electron chi connectivity index (χ0n) is 9.88. The van der Waals surface area contributed by atoms with Gasteiger partial charge >= 0.3 is 0 Å². The van der Waals surface area contributed by atoms with Crippen molar-refractivity contribution in [3.8, 4) is 0 Å². The van der Waals surface area contributed by atoms with Crippen molar-refractivity contribution in [1.82, 2.24) is 5.32 Å². The lowest BCUT2D eigenvalue weighted by Crippen LogP contribution is -2.21. The molecule has 0 aliphatic carbocycles. The van der Waals surface area contributed by atoms with E-state index < -0.39 is 0 Å². The van der Waals surface area contributed by atoms with Crippen LogP contribution in [0, 0.1) is 6.92 Å². The van der Waals surface area contributed by atoms with E-state index in [-0.39, 0.29) is 0 Å². The number of hydrogen-bond acceptors (Lipinski definition) is 3. The minimum Gasteiger partial charge on any atom is -0.467 e. The van der Waals surface area contributed by atoms with Gasteiger partial charge in [0.05, 0.1) is 12.3 Å². The maximum Gasteiger partial charge on any atom is 0.123 e. The van der Waals surface area contributed by atoms with Crippen LogP contribution in [0.25, 0.3) is 0 Å². The highest BCUT2D eigenvalue weighted by molar-refractivity contribution is 5.18. The predicted octanol–water partition coefficient (Wildman–Crippen LogP) is 2.67. The predicted molar refractivity (Wildman–Crippen MR) is 61.0 cm³/mol. The Labute approximate surface area is 91.8 Å². The van der Waals surface area contributed by atoms with Crippen LogP contribution < -0.4 is 5.32 Å². The van der Waals surface area contributed by atoms with Gasteiger partial charge in [-0.3, -0.25) is 0 Å². The van der Waals surface area contributed by atoms with Crippen LogP contribution in [-0.2, 0) is 4.74 Å². The van der Waals surface area contributed by atoms with Gasteiger partial charge in [0, 0.05) is 13.7 Å². The second-order valence-corrected chi connectivity index (χ2v) is 3.71. The lowest BCUT2D eigenvalue weighted by molar-refractivity contribution is 0.187. The van der Waals surface area contributed by atoms with Crippen LogP contribution in [0.5, 0.6) is 0 Å². The molecule has 0 fully saturated rings. The molecule has 0 radical (unpaired) electrons. The highest BCUT2D eigenvalue weighted by Crippen LogP contribution is 2.22. The molecule has 0 amide bonds. The zero-order valence-corrected chi connectivity index (χ0v) is 9.88. The second kappa shape index (κ2) is 6.64. The summed E-state index contributed by atoms with van der Waals surface area (Å²) in [7, 11) is 1.74. The minimum atomic E-state index is 0.320. The molecular weight excluding hydrogens is 190 g/mol. The van der Waals surface area contributed by atoms with Gasteiger partial charge in [-0.1, -0.05) is 6.92 Å². The summed E-state index contributed by atoms with van der Waals surface area (Å²) in [5.41, 5.74) is 1.22. The Hall–Kier alpha value is -0.800. The van der Waals surface area contributed by atoms with Crippen LogP contribution in [0.15, 0.2) is 16.7 Å². The quantitative estimate of drug-likeness (QED) is 0.704. The summed E-state index contributed by atoms with van der Waals surface area (Å²) >= 11 is 0. The molecule has 1 aromatic rings. The van der Waals surface area contributed by atoms with Crippen molar-refractivity contribution in [2.45, 2.75) is 32.7 Å². The third kappa shape index (κ3) is 3.68. The van der Waals surface area contributed by atoms with Crippen LogP contribution in [-0.4, -0.2) is 20.3 Å². The summed E-state index contributed by atoms with van der Waals surface area (Å²) in [6.45, 7) is 5.96. The van der Waals surface area contributed by atoms with E-state index in [2.05, 4.69) is 19.2 Å². The van der Waals surface area contributed by atoms with Gasteiger partial charge in [0.15, 0.2) is 0 Å². The van der Waals surface area contributed by atoms with Gasteiger partial charge in [0.25, 0.3) is 0 Å². The maximum atomic E-state index is 5.51. The van der Waals surface area contributed by atoms with Gasteiger partial charge in [-0.2, -0.15) is 0 Å². The summed E-state index contributed by atoms with van der Waals surface area (Å²) < 4.78 is 10.6. The molecule has 1 rings (SSSR count). The van der Waals surface area contributed by atoms with E-state index in [4.69, 9.17) is 9.15 Å². The summed E-state index contributed by atoms with van der Waals surface area (Å²) in [4.78, 5) is 0. The van der Waals surface area contributed by atoms with Crippen LogP contribution >= 0.6 is 0 Å². The average molecular weight is 211 g/mol. The van der Waals surface area contributed by atoms with Crippen LogP contribution in [0.2, 0.25) is 0 Å². The van der Waals surface area contributed by atoms with E-state index in [1.807, 2.05) is 6.07 Å². The van der Waals surface area contributed by atoms with Crippen LogP contribution in [0.4, 0.5) is 0 Å². The highest BCUT2D eigenvalue weighted by atomic mass is 16.5. The molecule has 3 heteroatoms. The Morgan fingerprint density at radius 3 is 2.87 bits per heavy atom. The number of rotatable bonds is 7. The smallest absolute Gasteiger partial charge is 0.123 e. The number of hydrogen-bond donors (Lipinski definition) is 1. The SMILES string of the molecule is CCNC(CCCOC)c1occc1C. The molecule has 0 spiro atoms. The van der Waals surface area contributed by atoms with Gasteiger partial charge in [0.1, 0.15) is 5.76 Å². The zero-order chi connectivity index (χ0) is 11.1. The van der Waals surface area contributed by atoms with E-state index in [9.17, 15) is 0 Å². The molecule has 1 heterocycles. The number of furan rings is 1. The fraction of sp³-hybridized carbons (Fsp3) is 0.667. The molecular formula is C12H21NO2. The highest BCUT2D eigenvalue weighted by Gasteiger charge is 2.15. The molecule has 0 bridgehead atoms. The topological polar surface area (TPSA) is 34.4 Å². The summed E-state index contributed by atoms with van der Waals surface area (Å²) in [6, 6.07) is 2.33. The van der Waals surface area contributed by atoms with Crippen molar-refractivity contribution in [1.29, 1.82) is 0 Å².